The number of carbonyl (C=O) groups is 1. The van der Waals surface area contributed by atoms with Crippen LogP contribution in [-0.4, -0.2) is 39.7 Å². The Morgan fingerprint density at radius 2 is 2.24 bits per heavy atom. The number of hydrogen-bond donors (Lipinski definition) is 5. The molecule has 1 amide bonds. The minimum absolute atomic E-state index is 0.226. The van der Waals surface area contributed by atoms with Crippen molar-refractivity contribution in [1.82, 2.24) is 25.8 Å². The SMILES string of the molecule is C/N=C(/N)Nc1cnn(CCCCC(=N)NNC(C)=O)n1. The van der Waals surface area contributed by atoms with Crippen LogP contribution in [0.3, 0.4) is 0 Å². The predicted molar refractivity (Wildman–Crippen MR) is 79.7 cm³/mol. The highest BCUT2D eigenvalue weighted by atomic mass is 16.2. The van der Waals surface area contributed by atoms with Gasteiger partial charge in [-0.05, 0) is 12.8 Å². The van der Waals surface area contributed by atoms with E-state index in [4.69, 9.17) is 11.1 Å². The second-order valence-corrected chi connectivity index (χ2v) is 4.30. The molecule has 116 valence electrons. The van der Waals surface area contributed by atoms with Crippen LogP contribution < -0.4 is 21.9 Å². The van der Waals surface area contributed by atoms with Crippen molar-refractivity contribution in [3.05, 3.63) is 6.20 Å². The third-order valence-electron chi connectivity index (χ3n) is 2.46. The number of rotatable bonds is 6. The number of hydrogen-bond acceptors (Lipinski definition) is 5. The highest BCUT2D eigenvalue weighted by Crippen LogP contribution is 2.01. The summed E-state index contributed by atoms with van der Waals surface area (Å²) in [7, 11) is 1.58. The molecule has 1 aromatic rings. The summed E-state index contributed by atoms with van der Waals surface area (Å²) in [5, 5.41) is 18.6. The van der Waals surface area contributed by atoms with Crippen molar-refractivity contribution in [3.63, 3.8) is 0 Å². The molecule has 0 aliphatic carbocycles. The van der Waals surface area contributed by atoms with E-state index in [0.717, 1.165) is 12.8 Å². The Labute approximate surface area is 122 Å². The number of nitrogens with two attached hydrogens (primary N) is 1. The minimum Gasteiger partial charge on any atom is -0.370 e. The van der Waals surface area contributed by atoms with Crippen molar-refractivity contribution in [2.45, 2.75) is 32.7 Å². The summed E-state index contributed by atoms with van der Waals surface area (Å²) in [5.41, 5.74) is 10.4. The summed E-state index contributed by atoms with van der Waals surface area (Å²) in [4.78, 5) is 16.0. The van der Waals surface area contributed by atoms with E-state index in [1.54, 1.807) is 18.0 Å². The molecule has 10 heteroatoms. The maximum atomic E-state index is 10.7. The van der Waals surface area contributed by atoms with Gasteiger partial charge in [-0.15, -0.1) is 5.10 Å². The first-order valence-corrected chi connectivity index (χ1v) is 6.50. The maximum Gasteiger partial charge on any atom is 0.235 e. The van der Waals surface area contributed by atoms with E-state index in [2.05, 4.69) is 31.4 Å². The number of carbonyl (C=O) groups excluding carboxylic acids is 1. The normalized spacial score (nSPS) is 11.0. The first-order chi connectivity index (χ1) is 10.0. The molecule has 21 heavy (non-hydrogen) atoms. The van der Waals surface area contributed by atoms with Gasteiger partial charge in [0.1, 0.15) is 5.84 Å². The molecule has 1 heterocycles. The van der Waals surface area contributed by atoms with Gasteiger partial charge in [-0.1, -0.05) is 0 Å². The van der Waals surface area contributed by atoms with Gasteiger partial charge in [0.2, 0.25) is 5.91 Å². The minimum atomic E-state index is -0.226. The Morgan fingerprint density at radius 1 is 1.48 bits per heavy atom. The molecular weight excluding hydrogens is 274 g/mol. The predicted octanol–water partition coefficient (Wildman–Crippen LogP) is -0.577. The van der Waals surface area contributed by atoms with Crippen LogP contribution in [0.25, 0.3) is 0 Å². The molecule has 0 fully saturated rings. The van der Waals surface area contributed by atoms with Crippen molar-refractivity contribution >= 4 is 23.5 Å². The number of nitrogens with zero attached hydrogens (tertiary/aromatic N) is 4. The third kappa shape index (κ3) is 6.89. The highest BCUT2D eigenvalue weighted by Gasteiger charge is 2.02. The average Bonchev–Trinajstić information content (AvgIpc) is 2.88. The zero-order chi connectivity index (χ0) is 15.7. The summed E-state index contributed by atoms with van der Waals surface area (Å²) in [6, 6.07) is 0. The lowest BCUT2D eigenvalue weighted by Crippen LogP contribution is -2.39. The van der Waals surface area contributed by atoms with Crippen LogP contribution in [0.1, 0.15) is 26.2 Å². The zero-order valence-corrected chi connectivity index (χ0v) is 12.2. The molecule has 0 aliphatic heterocycles. The first kappa shape index (κ1) is 16.4. The number of guanidine groups is 1. The van der Waals surface area contributed by atoms with Crippen molar-refractivity contribution in [1.29, 1.82) is 5.41 Å². The molecule has 0 saturated carbocycles. The van der Waals surface area contributed by atoms with E-state index in [1.807, 2.05) is 0 Å². The van der Waals surface area contributed by atoms with Crippen molar-refractivity contribution in [3.8, 4) is 0 Å². The van der Waals surface area contributed by atoms with E-state index in [-0.39, 0.29) is 17.7 Å². The summed E-state index contributed by atoms with van der Waals surface area (Å²) in [6.07, 6.45) is 3.71. The van der Waals surface area contributed by atoms with Gasteiger partial charge in [0.15, 0.2) is 11.8 Å². The topological polar surface area (TPSA) is 146 Å². The van der Waals surface area contributed by atoms with Crippen LogP contribution >= 0.6 is 0 Å². The number of amides is 1. The van der Waals surface area contributed by atoms with Gasteiger partial charge in [-0.3, -0.25) is 26.0 Å². The summed E-state index contributed by atoms with van der Waals surface area (Å²) >= 11 is 0. The second kappa shape index (κ2) is 8.51. The lowest BCUT2D eigenvalue weighted by Gasteiger charge is -2.07. The molecule has 0 aliphatic rings. The smallest absolute Gasteiger partial charge is 0.235 e. The van der Waals surface area contributed by atoms with Crippen LogP contribution in [0.2, 0.25) is 0 Å². The fourth-order valence-corrected chi connectivity index (χ4v) is 1.43. The van der Waals surface area contributed by atoms with Gasteiger partial charge in [0.05, 0.1) is 12.7 Å². The molecule has 0 saturated heterocycles. The summed E-state index contributed by atoms with van der Waals surface area (Å²) < 4.78 is 0. The van der Waals surface area contributed by atoms with Crippen LogP contribution in [0.4, 0.5) is 5.82 Å². The van der Waals surface area contributed by atoms with Crippen molar-refractivity contribution < 1.29 is 4.79 Å². The van der Waals surface area contributed by atoms with Gasteiger partial charge in [0, 0.05) is 20.4 Å². The standard InChI is InChI=1S/C11H21N9O/c1-8(21)17-18-9(12)5-3-4-6-20-15-7-10(19-20)16-11(13)14-2/h7H,3-6H2,1-2H3,(H2,12,18)(H,17,21)(H3,13,14,16,19). The van der Waals surface area contributed by atoms with Gasteiger partial charge < -0.3 is 11.1 Å². The molecular formula is C11H21N9O. The van der Waals surface area contributed by atoms with Crippen LogP contribution in [0, 0.1) is 5.41 Å². The highest BCUT2D eigenvalue weighted by molar-refractivity contribution is 5.90. The Balaban J connectivity index is 2.21. The van der Waals surface area contributed by atoms with Crippen molar-refractivity contribution in [2.75, 3.05) is 12.4 Å². The fraction of sp³-hybridized carbons (Fsp3) is 0.545. The monoisotopic (exact) mass is 295 g/mol. The molecule has 0 atom stereocenters. The van der Waals surface area contributed by atoms with Crippen molar-refractivity contribution in [2.24, 2.45) is 10.7 Å². The number of unbranched alkanes of at least 4 members (excludes halogenated alkanes) is 1. The number of aromatic nitrogens is 3. The zero-order valence-electron chi connectivity index (χ0n) is 12.2. The van der Waals surface area contributed by atoms with E-state index >= 15 is 0 Å². The third-order valence-corrected chi connectivity index (χ3v) is 2.46. The van der Waals surface area contributed by atoms with E-state index in [0.29, 0.717) is 18.8 Å². The molecule has 0 bridgehead atoms. The van der Waals surface area contributed by atoms with E-state index in [1.165, 1.54) is 6.92 Å². The van der Waals surface area contributed by atoms with Gasteiger partial charge in [-0.2, -0.15) is 9.90 Å². The molecule has 0 radical (unpaired) electrons. The summed E-state index contributed by atoms with van der Waals surface area (Å²) in [5.74, 6) is 0.862. The Bertz CT molecular complexity index is 508. The number of aryl methyl sites for hydroxylation is 1. The molecule has 1 aromatic heterocycles. The fourth-order valence-electron chi connectivity index (χ4n) is 1.43. The number of anilines is 1. The average molecular weight is 295 g/mol. The van der Waals surface area contributed by atoms with Crippen LogP contribution in [0.15, 0.2) is 11.2 Å². The molecule has 0 unspecified atom stereocenters. The quantitative estimate of drug-likeness (QED) is 0.205. The summed E-state index contributed by atoms with van der Waals surface area (Å²) in [6.45, 7) is 2.02. The first-order valence-electron chi connectivity index (χ1n) is 6.50. The maximum absolute atomic E-state index is 10.7. The Kier molecular flexibility index (Phi) is 6.65. The largest absolute Gasteiger partial charge is 0.370 e. The number of amidine groups is 1. The van der Waals surface area contributed by atoms with Crippen LogP contribution in [-0.2, 0) is 11.3 Å². The van der Waals surface area contributed by atoms with Gasteiger partial charge in [-0.25, -0.2) is 0 Å². The number of aliphatic imine (C=N–C) groups is 1. The van der Waals surface area contributed by atoms with E-state index in [9.17, 15) is 4.79 Å². The number of hydrazine groups is 1. The van der Waals surface area contributed by atoms with E-state index < -0.39 is 0 Å². The lowest BCUT2D eigenvalue weighted by molar-refractivity contribution is -0.119. The molecule has 10 nitrogen and oxygen atoms in total. The lowest BCUT2D eigenvalue weighted by atomic mass is 10.2. The van der Waals surface area contributed by atoms with Gasteiger partial charge >= 0.3 is 0 Å². The Hall–Kier alpha value is -2.65. The molecule has 1 rings (SSSR count). The Morgan fingerprint density at radius 3 is 2.90 bits per heavy atom. The molecule has 0 aromatic carbocycles. The second-order valence-electron chi connectivity index (χ2n) is 4.30. The van der Waals surface area contributed by atoms with Gasteiger partial charge in [0.25, 0.3) is 0 Å². The molecule has 6 N–H and O–H groups in total. The number of nitrogens with one attached hydrogen (secondary N) is 4. The molecule has 0 spiro atoms. The van der Waals surface area contributed by atoms with Crippen LogP contribution in [0.5, 0.6) is 0 Å².